The van der Waals surface area contributed by atoms with E-state index in [4.69, 9.17) is 22.1 Å². The Bertz CT molecular complexity index is 1030. The molecule has 0 saturated heterocycles. The van der Waals surface area contributed by atoms with E-state index in [0.29, 0.717) is 16.5 Å². The number of nitrogens with zero attached hydrogens (tertiary/aromatic N) is 2. The zero-order valence-corrected chi connectivity index (χ0v) is 18.2. The number of primary amides is 1. The van der Waals surface area contributed by atoms with Crippen molar-refractivity contribution < 1.29 is 24.0 Å². The molecule has 12 heteroatoms. The number of thioether (sulfide) groups is 1. The van der Waals surface area contributed by atoms with Gasteiger partial charge in [0, 0.05) is 23.7 Å². The Morgan fingerprint density at radius 3 is 2.58 bits per heavy atom. The monoisotopic (exact) mass is 466 g/mol. The maximum absolute atomic E-state index is 12.4. The number of benzene rings is 2. The van der Waals surface area contributed by atoms with Crippen molar-refractivity contribution in [1.29, 1.82) is 0 Å². The van der Waals surface area contributed by atoms with E-state index in [9.17, 15) is 24.5 Å². The highest BCUT2D eigenvalue weighted by molar-refractivity contribution is 8.00. The molecule has 0 aliphatic rings. The Morgan fingerprint density at radius 2 is 1.97 bits per heavy atom. The van der Waals surface area contributed by atoms with Crippen molar-refractivity contribution in [1.82, 2.24) is 4.90 Å². The van der Waals surface area contributed by atoms with Gasteiger partial charge in [0.05, 0.1) is 34.9 Å². The molecule has 0 spiro atoms. The number of rotatable bonds is 9. The van der Waals surface area contributed by atoms with E-state index in [-0.39, 0.29) is 28.4 Å². The van der Waals surface area contributed by atoms with E-state index in [0.717, 1.165) is 17.8 Å². The number of nitrogens with two attached hydrogens (primary N) is 1. The first kappa shape index (κ1) is 24.0. The first-order valence-corrected chi connectivity index (χ1v) is 10.1. The van der Waals surface area contributed by atoms with Crippen LogP contribution in [0.3, 0.4) is 0 Å². The van der Waals surface area contributed by atoms with Gasteiger partial charge in [0.25, 0.3) is 5.69 Å². The molecule has 0 bridgehead atoms. The van der Waals surface area contributed by atoms with Crippen LogP contribution in [0.2, 0.25) is 5.02 Å². The number of carbonyl (C=O) groups is 3. The van der Waals surface area contributed by atoms with Gasteiger partial charge in [-0.1, -0.05) is 11.6 Å². The van der Waals surface area contributed by atoms with Crippen LogP contribution in [0.4, 0.5) is 11.4 Å². The van der Waals surface area contributed by atoms with E-state index >= 15 is 0 Å². The van der Waals surface area contributed by atoms with Crippen molar-refractivity contribution in [2.45, 2.75) is 4.90 Å². The number of halogens is 1. The highest BCUT2D eigenvalue weighted by Crippen LogP contribution is 2.30. The number of nitro groups is 1. The molecule has 0 aromatic heterocycles. The minimum atomic E-state index is -0.794. The molecule has 2 aromatic rings. The summed E-state index contributed by atoms with van der Waals surface area (Å²) in [6.07, 6.45) is 0. The standard InChI is InChI=1S/C19H19ClN4O6S/c1-23(9-17(25)22-13-8-12(20)4-5-15(13)30-2)18(26)10-31-16-6-3-11(19(21)27)7-14(16)24(28)29/h3-8H,9-10H2,1-2H3,(H2,21,27)(H,22,25). The number of carbonyl (C=O) groups excluding carboxylic acids is 3. The summed E-state index contributed by atoms with van der Waals surface area (Å²) in [5, 5.41) is 14.3. The molecule has 164 valence electrons. The van der Waals surface area contributed by atoms with Gasteiger partial charge in [-0.15, -0.1) is 11.8 Å². The molecule has 0 heterocycles. The van der Waals surface area contributed by atoms with E-state index < -0.39 is 22.6 Å². The summed E-state index contributed by atoms with van der Waals surface area (Å²) in [7, 11) is 2.88. The summed E-state index contributed by atoms with van der Waals surface area (Å²) in [6.45, 7) is -0.252. The molecule has 0 aliphatic heterocycles. The maximum Gasteiger partial charge on any atom is 0.283 e. The number of hydrogen-bond donors (Lipinski definition) is 2. The number of anilines is 1. The molecule has 2 rings (SSSR count). The number of amides is 3. The van der Waals surface area contributed by atoms with Gasteiger partial charge in [-0.25, -0.2) is 0 Å². The first-order chi connectivity index (χ1) is 14.6. The van der Waals surface area contributed by atoms with Gasteiger partial charge < -0.3 is 20.7 Å². The molecule has 31 heavy (non-hydrogen) atoms. The zero-order chi connectivity index (χ0) is 23.1. The number of methoxy groups -OCH3 is 1. The van der Waals surface area contributed by atoms with Crippen LogP contribution in [0.15, 0.2) is 41.3 Å². The SMILES string of the molecule is COc1ccc(Cl)cc1NC(=O)CN(C)C(=O)CSc1ccc(C(N)=O)cc1[N+](=O)[O-]. The van der Waals surface area contributed by atoms with Crippen LogP contribution in [0.5, 0.6) is 5.75 Å². The fourth-order valence-electron chi connectivity index (χ4n) is 2.46. The topological polar surface area (TPSA) is 145 Å². The van der Waals surface area contributed by atoms with E-state index in [1.807, 2.05) is 0 Å². The molecule has 2 aromatic carbocycles. The van der Waals surface area contributed by atoms with Crippen molar-refractivity contribution in [2.75, 3.05) is 31.8 Å². The molecular formula is C19H19ClN4O6S. The number of hydrogen-bond acceptors (Lipinski definition) is 7. The molecule has 0 atom stereocenters. The van der Waals surface area contributed by atoms with Crippen LogP contribution in [0.25, 0.3) is 0 Å². The van der Waals surface area contributed by atoms with Gasteiger partial charge in [0.15, 0.2) is 0 Å². The molecule has 0 radical (unpaired) electrons. The van der Waals surface area contributed by atoms with Crippen LogP contribution in [0.1, 0.15) is 10.4 Å². The highest BCUT2D eigenvalue weighted by atomic mass is 35.5. The smallest absolute Gasteiger partial charge is 0.283 e. The normalized spacial score (nSPS) is 10.3. The molecule has 10 nitrogen and oxygen atoms in total. The summed E-state index contributed by atoms with van der Waals surface area (Å²) in [4.78, 5) is 47.8. The Kier molecular flexibility index (Phi) is 8.22. The molecule has 0 fully saturated rings. The van der Waals surface area contributed by atoms with Crippen LogP contribution < -0.4 is 15.8 Å². The van der Waals surface area contributed by atoms with Crippen LogP contribution in [-0.2, 0) is 9.59 Å². The lowest BCUT2D eigenvalue weighted by Crippen LogP contribution is -2.36. The Hall–Kier alpha value is -3.31. The molecule has 0 aliphatic carbocycles. The van der Waals surface area contributed by atoms with Crippen molar-refractivity contribution in [3.8, 4) is 5.75 Å². The molecular weight excluding hydrogens is 448 g/mol. The number of nitrogens with one attached hydrogen (secondary N) is 1. The van der Waals surface area contributed by atoms with Crippen molar-refractivity contribution in [3.05, 3.63) is 57.1 Å². The maximum atomic E-state index is 12.4. The lowest BCUT2D eigenvalue weighted by atomic mass is 10.2. The fraction of sp³-hybridized carbons (Fsp3) is 0.211. The van der Waals surface area contributed by atoms with Crippen LogP contribution in [-0.4, -0.2) is 54.0 Å². The summed E-state index contributed by atoms with van der Waals surface area (Å²) in [6, 6.07) is 8.49. The van der Waals surface area contributed by atoms with Crippen molar-refractivity contribution in [2.24, 2.45) is 5.73 Å². The molecule has 0 saturated carbocycles. The number of ether oxygens (including phenoxy) is 1. The highest BCUT2D eigenvalue weighted by Gasteiger charge is 2.20. The van der Waals surface area contributed by atoms with Crippen molar-refractivity contribution in [3.63, 3.8) is 0 Å². The fourth-order valence-corrected chi connectivity index (χ4v) is 3.57. The largest absolute Gasteiger partial charge is 0.495 e. The summed E-state index contributed by atoms with van der Waals surface area (Å²) < 4.78 is 5.15. The predicted octanol–water partition coefficient (Wildman–Crippen LogP) is 2.54. The predicted molar refractivity (Wildman–Crippen MR) is 117 cm³/mol. The lowest BCUT2D eigenvalue weighted by Gasteiger charge is -2.17. The quantitative estimate of drug-likeness (QED) is 0.328. The van der Waals surface area contributed by atoms with Crippen LogP contribution in [0, 0.1) is 10.1 Å². The zero-order valence-electron chi connectivity index (χ0n) is 16.6. The second-order valence-electron chi connectivity index (χ2n) is 6.24. The second kappa shape index (κ2) is 10.6. The van der Waals surface area contributed by atoms with Gasteiger partial charge in [0.1, 0.15) is 5.75 Å². The Morgan fingerprint density at radius 1 is 1.26 bits per heavy atom. The number of nitro benzene ring substituents is 1. The molecule has 3 N–H and O–H groups in total. The van der Waals surface area contributed by atoms with Gasteiger partial charge in [-0.2, -0.15) is 0 Å². The Balaban J connectivity index is 1.99. The average molecular weight is 467 g/mol. The minimum absolute atomic E-state index is 0.00684. The average Bonchev–Trinajstić information content (AvgIpc) is 2.71. The van der Waals surface area contributed by atoms with Gasteiger partial charge in [0.2, 0.25) is 17.7 Å². The van der Waals surface area contributed by atoms with Crippen LogP contribution >= 0.6 is 23.4 Å². The second-order valence-corrected chi connectivity index (χ2v) is 7.69. The third-order valence-electron chi connectivity index (χ3n) is 4.03. The minimum Gasteiger partial charge on any atom is -0.495 e. The Labute approximate surface area is 186 Å². The van der Waals surface area contributed by atoms with E-state index in [1.54, 1.807) is 12.1 Å². The lowest BCUT2D eigenvalue weighted by molar-refractivity contribution is -0.387. The van der Waals surface area contributed by atoms with E-state index in [2.05, 4.69) is 5.32 Å². The summed E-state index contributed by atoms with van der Waals surface area (Å²) >= 11 is 6.84. The van der Waals surface area contributed by atoms with E-state index in [1.165, 1.54) is 37.3 Å². The van der Waals surface area contributed by atoms with Crippen molar-refractivity contribution >= 4 is 52.5 Å². The summed E-state index contributed by atoms with van der Waals surface area (Å²) in [5.74, 6) is -1.43. The molecule has 3 amide bonds. The third kappa shape index (κ3) is 6.59. The first-order valence-electron chi connectivity index (χ1n) is 8.70. The van der Waals surface area contributed by atoms with Gasteiger partial charge in [-0.3, -0.25) is 24.5 Å². The summed E-state index contributed by atoms with van der Waals surface area (Å²) in [5.41, 5.74) is 5.16. The number of likely N-dealkylation sites (N-methyl/N-ethyl adjacent to an activating group) is 1. The van der Waals surface area contributed by atoms with Gasteiger partial charge >= 0.3 is 0 Å². The van der Waals surface area contributed by atoms with Gasteiger partial charge in [-0.05, 0) is 30.3 Å². The third-order valence-corrected chi connectivity index (χ3v) is 5.32. The molecule has 0 unspecified atom stereocenters.